The summed E-state index contributed by atoms with van der Waals surface area (Å²) in [4.78, 5) is 12.0. The summed E-state index contributed by atoms with van der Waals surface area (Å²) in [5.41, 5.74) is 12.1. The molecule has 0 unspecified atom stereocenters. The molecule has 2 aromatic rings. The number of anilines is 1. The van der Waals surface area contributed by atoms with Gasteiger partial charge in [-0.3, -0.25) is 4.79 Å². The Hall–Kier alpha value is -2.33. The van der Waals surface area contributed by atoms with Gasteiger partial charge in [0, 0.05) is 10.7 Å². The van der Waals surface area contributed by atoms with Crippen LogP contribution in [0.15, 0.2) is 41.5 Å². The van der Waals surface area contributed by atoms with Gasteiger partial charge in [-0.05, 0) is 48.7 Å². The Bertz CT molecular complexity index is 711. The number of carbonyl (C=O) groups excluding carboxylic acids is 1. The average molecular weight is 302 g/mol. The number of nitrogens with two attached hydrogens (primary N) is 1. The van der Waals surface area contributed by atoms with E-state index in [1.54, 1.807) is 18.3 Å². The van der Waals surface area contributed by atoms with Gasteiger partial charge in [-0.1, -0.05) is 29.8 Å². The molecular formula is C16H16ClN3O. The van der Waals surface area contributed by atoms with Gasteiger partial charge in [0.2, 0.25) is 0 Å². The minimum atomic E-state index is -0.393. The third-order valence-corrected chi connectivity index (χ3v) is 3.41. The number of nitrogens with one attached hydrogen (secondary N) is 1. The Morgan fingerprint density at radius 3 is 2.67 bits per heavy atom. The van der Waals surface area contributed by atoms with Crippen LogP contribution in [0.5, 0.6) is 0 Å². The molecule has 0 aliphatic heterocycles. The lowest BCUT2D eigenvalue weighted by Gasteiger charge is -2.04. The van der Waals surface area contributed by atoms with Crippen molar-refractivity contribution in [3.05, 3.63) is 63.7 Å². The van der Waals surface area contributed by atoms with Crippen molar-refractivity contribution >= 4 is 29.4 Å². The van der Waals surface area contributed by atoms with Crippen molar-refractivity contribution in [1.29, 1.82) is 0 Å². The maximum atomic E-state index is 12.0. The summed E-state index contributed by atoms with van der Waals surface area (Å²) in [5.74, 6) is -0.393. The summed E-state index contributed by atoms with van der Waals surface area (Å²) >= 11 is 5.85. The van der Waals surface area contributed by atoms with E-state index in [9.17, 15) is 4.79 Å². The number of hydrogen-bond donors (Lipinski definition) is 2. The van der Waals surface area contributed by atoms with Crippen LogP contribution < -0.4 is 11.2 Å². The molecule has 5 heteroatoms. The molecule has 0 bridgehead atoms. The third-order valence-electron chi connectivity index (χ3n) is 3.17. The molecule has 0 heterocycles. The van der Waals surface area contributed by atoms with E-state index in [0.29, 0.717) is 16.3 Å². The zero-order chi connectivity index (χ0) is 15.4. The molecule has 1 amide bonds. The number of nitrogen functional groups attached to an aromatic ring is 1. The van der Waals surface area contributed by atoms with Crippen LogP contribution in [0.25, 0.3) is 0 Å². The van der Waals surface area contributed by atoms with Gasteiger partial charge >= 0.3 is 0 Å². The summed E-state index contributed by atoms with van der Waals surface area (Å²) in [6, 6.07) is 10.7. The van der Waals surface area contributed by atoms with E-state index in [1.165, 1.54) is 17.2 Å². The first kappa shape index (κ1) is 15.1. The molecule has 0 saturated carbocycles. The zero-order valence-corrected chi connectivity index (χ0v) is 12.6. The van der Waals surface area contributed by atoms with Gasteiger partial charge in [-0.15, -0.1) is 0 Å². The molecule has 2 rings (SSSR count). The van der Waals surface area contributed by atoms with Crippen LogP contribution in [0.1, 0.15) is 27.0 Å². The van der Waals surface area contributed by atoms with E-state index < -0.39 is 5.91 Å². The predicted octanol–water partition coefficient (Wildman–Crippen LogP) is 3.30. The monoisotopic (exact) mass is 301 g/mol. The first-order chi connectivity index (χ1) is 9.97. The highest BCUT2D eigenvalue weighted by Crippen LogP contribution is 2.17. The summed E-state index contributed by atoms with van der Waals surface area (Å²) in [6.45, 7) is 4.07. The van der Waals surface area contributed by atoms with Crippen LogP contribution in [0, 0.1) is 13.8 Å². The van der Waals surface area contributed by atoms with Crippen molar-refractivity contribution in [3.8, 4) is 0 Å². The van der Waals surface area contributed by atoms with Gasteiger partial charge < -0.3 is 5.73 Å². The van der Waals surface area contributed by atoms with Crippen LogP contribution in [0.4, 0.5) is 5.69 Å². The highest BCUT2D eigenvalue weighted by atomic mass is 35.5. The number of amides is 1. The molecule has 0 fully saturated rings. The maximum absolute atomic E-state index is 12.0. The smallest absolute Gasteiger partial charge is 0.273 e. The van der Waals surface area contributed by atoms with Crippen LogP contribution in [0.2, 0.25) is 5.02 Å². The molecule has 0 spiro atoms. The van der Waals surface area contributed by atoms with Crippen LogP contribution in [-0.4, -0.2) is 12.1 Å². The Morgan fingerprint density at radius 2 is 1.95 bits per heavy atom. The van der Waals surface area contributed by atoms with Crippen LogP contribution in [-0.2, 0) is 0 Å². The van der Waals surface area contributed by atoms with Crippen molar-refractivity contribution in [2.75, 3.05) is 5.73 Å². The van der Waals surface area contributed by atoms with E-state index in [-0.39, 0.29) is 0 Å². The highest BCUT2D eigenvalue weighted by Gasteiger charge is 2.09. The largest absolute Gasteiger partial charge is 0.398 e. The fourth-order valence-corrected chi connectivity index (χ4v) is 1.97. The molecule has 4 nitrogen and oxygen atoms in total. The van der Waals surface area contributed by atoms with E-state index in [2.05, 4.69) is 10.5 Å². The lowest BCUT2D eigenvalue weighted by atomic mass is 10.1. The van der Waals surface area contributed by atoms with Crippen molar-refractivity contribution in [2.45, 2.75) is 13.8 Å². The molecule has 108 valence electrons. The zero-order valence-electron chi connectivity index (χ0n) is 11.9. The SMILES string of the molecule is Cc1ccc(C=NNC(=O)c2cc(Cl)ccc2N)cc1C. The van der Waals surface area contributed by atoms with Gasteiger partial charge in [0.05, 0.1) is 11.8 Å². The molecule has 0 aromatic heterocycles. The van der Waals surface area contributed by atoms with Crippen LogP contribution in [0.3, 0.4) is 0 Å². The first-order valence-electron chi connectivity index (χ1n) is 6.43. The summed E-state index contributed by atoms with van der Waals surface area (Å²) in [5, 5.41) is 4.39. The van der Waals surface area contributed by atoms with Crippen molar-refractivity contribution in [1.82, 2.24) is 5.43 Å². The van der Waals surface area contributed by atoms with Gasteiger partial charge in [0.25, 0.3) is 5.91 Å². The first-order valence-corrected chi connectivity index (χ1v) is 6.81. The fourth-order valence-electron chi connectivity index (χ4n) is 1.80. The summed E-state index contributed by atoms with van der Waals surface area (Å²) in [7, 11) is 0. The summed E-state index contributed by atoms with van der Waals surface area (Å²) in [6.07, 6.45) is 1.59. The Balaban J connectivity index is 2.08. The number of nitrogens with zero attached hydrogens (tertiary/aromatic N) is 1. The molecule has 2 aromatic carbocycles. The maximum Gasteiger partial charge on any atom is 0.273 e. The minimum Gasteiger partial charge on any atom is -0.398 e. The Kier molecular flexibility index (Phi) is 4.60. The standard InChI is InChI=1S/C16H16ClN3O/c1-10-3-4-12(7-11(10)2)9-19-20-16(21)14-8-13(17)5-6-15(14)18/h3-9H,18H2,1-2H3,(H,20,21). The van der Waals surface area contributed by atoms with Crippen molar-refractivity contribution < 1.29 is 4.79 Å². The normalized spacial score (nSPS) is 10.8. The molecule has 0 aliphatic rings. The van der Waals surface area contributed by atoms with Crippen molar-refractivity contribution in [3.63, 3.8) is 0 Å². The van der Waals surface area contributed by atoms with E-state index in [0.717, 1.165) is 5.56 Å². The second-order valence-electron chi connectivity index (χ2n) is 4.77. The van der Waals surface area contributed by atoms with E-state index in [4.69, 9.17) is 17.3 Å². The number of hydrogen-bond acceptors (Lipinski definition) is 3. The molecular weight excluding hydrogens is 286 g/mol. The van der Waals surface area contributed by atoms with Gasteiger partial charge in [0.1, 0.15) is 0 Å². The molecule has 0 radical (unpaired) electrons. The lowest BCUT2D eigenvalue weighted by Crippen LogP contribution is -2.19. The Morgan fingerprint density at radius 1 is 1.19 bits per heavy atom. The summed E-state index contributed by atoms with van der Waals surface area (Å²) < 4.78 is 0. The minimum absolute atomic E-state index is 0.305. The molecule has 21 heavy (non-hydrogen) atoms. The number of carbonyl (C=O) groups is 1. The number of rotatable bonds is 3. The number of hydrazone groups is 1. The molecule has 0 saturated heterocycles. The number of aryl methyl sites for hydroxylation is 2. The predicted molar refractivity (Wildman–Crippen MR) is 86.8 cm³/mol. The fraction of sp³-hybridized carbons (Fsp3) is 0.125. The quantitative estimate of drug-likeness (QED) is 0.519. The van der Waals surface area contributed by atoms with Gasteiger partial charge in [-0.2, -0.15) is 5.10 Å². The van der Waals surface area contributed by atoms with Crippen LogP contribution >= 0.6 is 11.6 Å². The Labute approximate surface area is 128 Å². The topological polar surface area (TPSA) is 67.5 Å². The van der Waals surface area contributed by atoms with Gasteiger partial charge in [-0.25, -0.2) is 5.43 Å². The lowest BCUT2D eigenvalue weighted by molar-refractivity contribution is 0.0956. The number of halogens is 1. The molecule has 0 aliphatic carbocycles. The average Bonchev–Trinajstić information content (AvgIpc) is 2.45. The van der Waals surface area contributed by atoms with Gasteiger partial charge in [0.15, 0.2) is 0 Å². The van der Waals surface area contributed by atoms with E-state index in [1.807, 2.05) is 32.0 Å². The second kappa shape index (κ2) is 6.41. The highest BCUT2D eigenvalue weighted by molar-refractivity contribution is 6.31. The number of benzene rings is 2. The molecule has 3 N–H and O–H groups in total. The van der Waals surface area contributed by atoms with E-state index >= 15 is 0 Å². The molecule has 0 atom stereocenters. The second-order valence-corrected chi connectivity index (χ2v) is 5.21. The third kappa shape index (κ3) is 3.83. The van der Waals surface area contributed by atoms with Crippen molar-refractivity contribution in [2.24, 2.45) is 5.10 Å².